The van der Waals surface area contributed by atoms with Crippen LogP contribution in [-0.4, -0.2) is 45.1 Å². The van der Waals surface area contributed by atoms with Crippen LogP contribution in [0.15, 0.2) is 53.8 Å². The monoisotopic (exact) mass is 424 g/mol. The number of anilines is 2. The molecule has 1 aliphatic rings. The average molecular weight is 424 g/mol. The molecule has 1 atom stereocenters. The van der Waals surface area contributed by atoms with E-state index in [-0.39, 0.29) is 17.3 Å². The van der Waals surface area contributed by atoms with E-state index in [4.69, 9.17) is 9.47 Å². The number of rotatable bonds is 7. The van der Waals surface area contributed by atoms with Gasteiger partial charge in [0.15, 0.2) is 11.5 Å². The smallest absolute Gasteiger partial charge is 0.294 e. The van der Waals surface area contributed by atoms with Crippen LogP contribution in [-0.2, 0) is 9.59 Å². The zero-order valence-corrected chi connectivity index (χ0v) is 18.7. The summed E-state index contributed by atoms with van der Waals surface area (Å²) in [5.74, 6) is -0.833. The number of methoxy groups -OCH3 is 2. The van der Waals surface area contributed by atoms with Crippen LogP contribution in [0.3, 0.4) is 0 Å². The normalized spacial score (nSPS) is 16.2. The van der Waals surface area contributed by atoms with Gasteiger partial charge in [-0.1, -0.05) is 26.0 Å². The molecule has 2 aromatic carbocycles. The Morgan fingerprint density at radius 2 is 1.58 bits per heavy atom. The van der Waals surface area contributed by atoms with Crippen molar-refractivity contribution < 1.29 is 24.2 Å². The van der Waals surface area contributed by atoms with E-state index in [1.54, 1.807) is 32.0 Å². The third kappa shape index (κ3) is 4.08. The van der Waals surface area contributed by atoms with Gasteiger partial charge in [0.1, 0.15) is 11.5 Å². The second kappa shape index (κ2) is 8.71. The van der Waals surface area contributed by atoms with Crippen molar-refractivity contribution in [2.24, 2.45) is 5.92 Å². The molecular weight excluding hydrogens is 396 g/mol. The maximum atomic E-state index is 13.2. The summed E-state index contributed by atoms with van der Waals surface area (Å²) in [4.78, 5) is 29.6. The second-order valence-corrected chi connectivity index (χ2v) is 7.92. The summed E-state index contributed by atoms with van der Waals surface area (Å²) in [5, 5.41) is 10.7. The molecule has 7 nitrogen and oxygen atoms in total. The lowest BCUT2D eigenvalue weighted by Gasteiger charge is -2.28. The van der Waals surface area contributed by atoms with E-state index in [1.807, 2.05) is 43.3 Å². The number of ether oxygens (including phenoxy) is 2. The molecule has 1 aliphatic heterocycles. The van der Waals surface area contributed by atoms with E-state index in [0.29, 0.717) is 22.7 Å². The van der Waals surface area contributed by atoms with Crippen molar-refractivity contribution in [3.63, 3.8) is 0 Å². The van der Waals surface area contributed by atoms with E-state index in [9.17, 15) is 14.7 Å². The molecule has 0 spiro atoms. The number of aliphatic hydroxyl groups excluding tert-OH is 1. The van der Waals surface area contributed by atoms with Gasteiger partial charge in [0.2, 0.25) is 0 Å². The molecule has 0 bridgehead atoms. The number of aliphatic hydroxyl groups is 1. The summed E-state index contributed by atoms with van der Waals surface area (Å²) in [6.07, 6.45) is 0. The molecule has 164 valence electrons. The lowest BCUT2D eigenvalue weighted by atomic mass is 9.91. The third-order valence-corrected chi connectivity index (χ3v) is 5.34. The van der Waals surface area contributed by atoms with Crippen molar-refractivity contribution >= 4 is 23.1 Å². The number of carbonyl (C=O) groups is 2. The van der Waals surface area contributed by atoms with Gasteiger partial charge < -0.3 is 19.5 Å². The van der Waals surface area contributed by atoms with Crippen LogP contribution < -0.4 is 19.3 Å². The fourth-order valence-electron chi connectivity index (χ4n) is 3.64. The lowest BCUT2D eigenvalue weighted by Crippen LogP contribution is -2.31. The molecule has 7 heteroatoms. The zero-order valence-electron chi connectivity index (χ0n) is 18.7. The fourth-order valence-corrected chi connectivity index (χ4v) is 3.64. The molecule has 2 aromatic rings. The highest BCUT2D eigenvalue weighted by atomic mass is 16.5. The number of Topliss-reactive ketones (excluding diaryl/α,β-unsaturated/α-hetero) is 1. The molecule has 1 heterocycles. The first-order chi connectivity index (χ1) is 14.7. The quantitative estimate of drug-likeness (QED) is 0.726. The summed E-state index contributed by atoms with van der Waals surface area (Å²) >= 11 is 0. The second-order valence-electron chi connectivity index (χ2n) is 7.92. The van der Waals surface area contributed by atoms with Gasteiger partial charge in [-0.2, -0.15) is 0 Å². The SMILES string of the molecule is COc1cc(OC)cc(N2C(=O)C(O)=C(C(=O)C(C)C)C2c2ccc(N(C)C)cc2)c1. The molecule has 1 amide bonds. The van der Waals surface area contributed by atoms with Crippen LogP contribution in [0.4, 0.5) is 11.4 Å². The predicted molar refractivity (Wildman–Crippen MR) is 120 cm³/mol. The third-order valence-electron chi connectivity index (χ3n) is 5.34. The summed E-state index contributed by atoms with van der Waals surface area (Å²) in [5.41, 5.74) is 2.25. The molecule has 0 saturated heterocycles. The minimum atomic E-state index is -0.768. The van der Waals surface area contributed by atoms with Gasteiger partial charge in [-0.05, 0) is 17.7 Å². The molecule has 1 unspecified atom stereocenters. The number of benzene rings is 2. The Bertz CT molecular complexity index is 1000. The lowest BCUT2D eigenvalue weighted by molar-refractivity contribution is -0.119. The van der Waals surface area contributed by atoms with E-state index >= 15 is 0 Å². The summed E-state index contributed by atoms with van der Waals surface area (Å²) in [6.45, 7) is 3.49. The van der Waals surface area contributed by atoms with E-state index in [1.165, 1.54) is 19.1 Å². The predicted octanol–water partition coefficient (Wildman–Crippen LogP) is 3.89. The number of nitrogens with zero attached hydrogens (tertiary/aromatic N) is 2. The van der Waals surface area contributed by atoms with Crippen LogP contribution in [0.25, 0.3) is 0 Å². The van der Waals surface area contributed by atoms with Crippen LogP contribution in [0, 0.1) is 5.92 Å². The molecule has 0 saturated carbocycles. The van der Waals surface area contributed by atoms with Crippen molar-refractivity contribution in [1.82, 2.24) is 0 Å². The Hall–Kier alpha value is -3.48. The van der Waals surface area contributed by atoms with Gasteiger partial charge in [0.25, 0.3) is 5.91 Å². The van der Waals surface area contributed by atoms with Crippen molar-refractivity contribution in [2.75, 3.05) is 38.1 Å². The highest BCUT2D eigenvalue weighted by Crippen LogP contribution is 2.43. The minimum Gasteiger partial charge on any atom is -0.503 e. The van der Waals surface area contributed by atoms with Gasteiger partial charge in [-0.3, -0.25) is 14.5 Å². The van der Waals surface area contributed by atoms with Gasteiger partial charge in [-0.25, -0.2) is 0 Å². The van der Waals surface area contributed by atoms with Crippen LogP contribution in [0.1, 0.15) is 25.5 Å². The van der Waals surface area contributed by atoms with E-state index in [0.717, 1.165) is 5.69 Å². The minimum absolute atomic E-state index is 0.0967. The molecular formula is C24H28N2O5. The molecule has 0 aromatic heterocycles. The molecule has 1 N–H and O–H groups in total. The number of amides is 1. The van der Waals surface area contributed by atoms with Gasteiger partial charge in [0, 0.05) is 43.9 Å². The van der Waals surface area contributed by atoms with Crippen LogP contribution in [0.5, 0.6) is 11.5 Å². The highest BCUT2D eigenvalue weighted by molar-refractivity contribution is 6.17. The summed E-state index contributed by atoms with van der Waals surface area (Å²) < 4.78 is 10.7. The van der Waals surface area contributed by atoms with Crippen LogP contribution in [0.2, 0.25) is 0 Å². The molecule has 0 aliphatic carbocycles. The zero-order chi connectivity index (χ0) is 22.9. The van der Waals surface area contributed by atoms with Crippen LogP contribution >= 0.6 is 0 Å². The summed E-state index contributed by atoms with van der Waals surface area (Å²) in [7, 11) is 6.90. The Morgan fingerprint density at radius 1 is 1.03 bits per heavy atom. The molecule has 31 heavy (non-hydrogen) atoms. The molecule has 0 radical (unpaired) electrons. The topological polar surface area (TPSA) is 79.3 Å². The Balaban J connectivity index is 2.20. The van der Waals surface area contributed by atoms with Crippen molar-refractivity contribution in [3.8, 4) is 11.5 Å². The van der Waals surface area contributed by atoms with E-state index < -0.39 is 17.7 Å². The highest BCUT2D eigenvalue weighted by Gasteiger charge is 2.45. The van der Waals surface area contributed by atoms with Gasteiger partial charge in [0.05, 0.1) is 31.5 Å². The Kier molecular flexibility index (Phi) is 6.24. The average Bonchev–Trinajstić information content (AvgIpc) is 3.03. The number of hydrogen-bond donors (Lipinski definition) is 1. The van der Waals surface area contributed by atoms with E-state index in [2.05, 4.69) is 0 Å². The van der Waals surface area contributed by atoms with Crippen molar-refractivity contribution in [2.45, 2.75) is 19.9 Å². The Labute approximate surface area is 182 Å². The maximum Gasteiger partial charge on any atom is 0.294 e. The van der Waals surface area contributed by atoms with Crippen molar-refractivity contribution in [1.29, 1.82) is 0 Å². The number of carbonyl (C=O) groups excluding carboxylic acids is 2. The maximum absolute atomic E-state index is 13.2. The first-order valence-electron chi connectivity index (χ1n) is 10.0. The first-order valence-corrected chi connectivity index (χ1v) is 10.0. The number of hydrogen-bond acceptors (Lipinski definition) is 6. The van der Waals surface area contributed by atoms with Gasteiger partial charge >= 0.3 is 0 Å². The van der Waals surface area contributed by atoms with Crippen molar-refractivity contribution in [3.05, 3.63) is 59.4 Å². The molecule has 0 fully saturated rings. The largest absolute Gasteiger partial charge is 0.503 e. The first kappa shape index (κ1) is 22.2. The fraction of sp³-hybridized carbons (Fsp3) is 0.333. The number of ketones is 1. The standard InChI is InChI=1S/C24H28N2O5/c1-14(2)22(27)20-21(15-7-9-16(10-8-15)25(3)4)26(24(29)23(20)28)17-11-18(30-5)13-19(12-17)31-6/h7-14,21,28H,1-6H3. The summed E-state index contributed by atoms with van der Waals surface area (Å²) in [6, 6.07) is 11.8. The van der Waals surface area contributed by atoms with Gasteiger partial charge in [-0.15, -0.1) is 0 Å². The Morgan fingerprint density at radius 3 is 2.03 bits per heavy atom. The molecule has 3 rings (SSSR count).